The van der Waals surface area contributed by atoms with Gasteiger partial charge in [-0.25, -0.2) is 0 Å². The van der Waals surface area contributed by atoms with Crippen molar-refractivity contribution >= 4 is 22.7 Å². The molecule has 0 saturated heterocycles. The van der Waals surface area contributed by atoms with Crippen molar-refractivity contribution in [3.8, 4) is 11.5 Å². The maximum absolute atomic E-state index is 12.7. The molecule has 2 heterocycles. The van der Waals surface area contributed by atoms with E-state index in [2.05, 4.69) is 10.5 Å². The van der Waals surface area contributed by atoms with E-state index in [1.165, 1.54) is 0 Å². The van der Waals surface area contributed by atoms with Gasteiger partial charge in [-0.1, -0.05) is 29.8 Å². The monoisotopic (exact) mass is 376 g/mol. The normalized spacial score (nSPS) is 11.0. The number of carbonyl (C=O) groups excluding carboxylic acids is 1. The average Bonchev–Trinajstić information content (AvgIpc) is 3.29. The Morgan fingerprint density at radius 2 is 1.89 bits per heavy atom. The van der Waals surface area contributed by atoms with E-state index in [1.54, 1.807) is 25.1 Å². The lowest BCUT2D eigenvalue weighted by molar-refractivity contribution is 0.102. The molecule has 142 valence electrons. The summed E-state index contributed by atoms with van der Waals surface area (Å²) in [5.41, 5.74) is 2.15. The van der Waals surface area contributed by atoms with Gasteiger partial charge in [0.15, 0.2) is 5.82 Å². The Morgan fingerprint density at radius 1 is 1.11 bits per heavy atom. The van der Waals surface area contributed by atoms with Crippen molar-refractivity contribution in [2.45, 2.75) is 27.2 Å². The van der Waals surface area contributed by atoms with Crippen molar-refractivity contribution in [1.82, 2.24) is 5.16 Å². The van der Waals surface area contributed by atoms with Crippen LogP contribution in [0.5, 0.6) is 11.5 Å². The Bertz CT molecular complexity index is 1140. The molecule has 0 aliphatic heterocycles. The zero-order valence-corrected chi connectivity index (χ0v) is 15.9. The van der Waals surface area contributed by atoms with E-state index in [1.807, 2.05) is 44.2 Å². The zero-order chi connectivity index (χ0) is 19.7. The number of anilines is 1. The first-order chi connectivity index (χ1) is 13.5. The molecule has 1 amide bonds. The SMILES string of the molecule is CCc1cc2c(Oc3ccc(C)cc3)cc(C(=O)Nc3cc(C)on3)cc2o1. The molecular formula is C22H20N2O4. The molecule has 6 heteroatoms. The topological polar surface area (TPSA) is 77.5 Å². The summed E-state index contributed by atoms with van der Waals surface area (Å²) in [6, 6.07) is 14.8. The fourth-order valence-electron chi connectivity index (χ4n) is 2.90. The summed E-state index contributed by atoms with van der Waals surface area (Å²) < 4.78 is 16.9. The van der Waals surface area contributed by atoms with Crippen LogP contribution in [0.4, 0.5) is 5.82 Å². The Balaban J connectivity index is 1.72. The molecule has 6 nitrogen and oxygen atoms in total. The van der Waals surface area contributed by atoms with Gasteiger partial charge in [0, 0.05) is 18.1 Å². The van der Waals surface area contributed by atoms with Crippen LogP contribution in [0.3, 0.4) is 0 Å². The van der Waals surface area contributed by atoms with E-state index in [0.717, 1.165) is 23.1 Å². The Kier molecular flexibility index (Phi) is 4.61. The standard InChI is InChI=1S/C22H20N2O4/c1-4-16-12-18-19(26-16)10-15(22(25)23-21-9-14(3)28-24-21)11-20(18)27-17-7-5-13(2)6-8-17/h5-12H,4H2,1-3H3,(H,23,24,25). The van der Waals surface area contributed by atoms with E-state index in [-0.39, 0.29) is 5.91 Å². The number of rotatable bonds is 5. The highest BCUT2D eigenvalue weighted by atomic mass is 16.5. The number of hydrogen-bond acceptors (Lipinski definition) is 5. The van der Waals surface area contributed by atoms with Crippen molar-refractivity contribution in [1.29, 1.82) is 0 Å². The third-order valence-corrected chi connectivity index (χ3v) is 4.38. The second-order valence-electron chi connectivity index (χ2n) is 6.64. The molecule has 0 bridgehead atoms. The maximum atomic E-state index is 12.7. The molecule has 0 aliphatic carbocycles. The van der Waals surface area contributed by atoms with Crippen LogP contribution in [0.25, 0.3) is 11.0 Å². The van der Waals surface area contributed by atoms with Crippen LogP contribution in [-0.4, -0.2) is 11.1 Å². The van der Waals surface area contributed by atoms with Crippen LogP contribution in [0, 0.1) is 13.8 Å². The number of nitrogens with zero attached hydrogens (tertiary/aromatic N) is 1. The molecule has 0 radical (unpaired) electrons. The lowest BCUT2D eigenvalue weighted by Crippen LogP contribution is -2.12. The summed E-state index contributed by atoms with van der Waals surface area (Å²) in [6.07, 6.45) is 0.748. The first-order valence-electron chi connectivity index (χ1n) is 9.07. The lowest BCUT2D eigenvalue weighted by atomic mass is 10.1. The lowest BCUT2D eigenvalue weighted by Gasteiger charge is -2.09. The van der Waals surface area contributed by atoms with Crippen molar-refractivity contribution in [3.63, 3.8) is 0 Å². The van der Waals surface area contributed by atoms with Gasteiger partial charge in [-0.05, 0) is 44.2 Å². The van der Waals surface area contributed by atoms with Crippen molar-refractivity contribution in [2.24, 2.45) is 0 Å². The summed E-state index contributed by atoms with van der Waals surface area (Å²) in [6.45, 7) is 5.79. The van der Waals surface area contributed by atoms with E-state index in [9.17, 15) is 4.79 Å². The van der Waals surface area contributed by atoms with Gasteiger partial charge >= 0.3 is 0 Å². The molecule has 4 aromatic rings. The number of hydrogen-bond donors (Lipinski definition) is 1. The predicted molar refractivity (Wildman–Crippen MR) is 106 cm³/mol. The third kappa shape index (κ3) is 3.62. The van der Waals surface area contributed by atoms with E-state index in [4.69, 9.17) is 13.7 Å². The van der Waals surface area contributed by atoms with Crippen LogP contribution in [0.2, 0.25) is 0 Å². The van der Waals surface area contributed by atoms with Gasteiger partial charge in [0.1, 0.15) is 28.6 Å². The number of nitrogens with one attached hydrogen (secondary N) is 1. The average molecular weight is 376 g/mol. The number of amides is 1. The first-order valence-corrected chi connectivity index (χ1v) is 9.07. The van der Waals surface area contributed by atoms with Crippen LogP contribution in [0.15, 0.2) is 57.5 Å². The van der Waals surface area contributed by atoms with Crippen LogP contribution < -0.4 is 10.1 Å². The van der Waals surface area contributed by atoms with Crippen LogP contribution in [0.1, 0.15) is 34.4 Å². The van der Waals surface area contributed by atoms with Gasteiger partial charge < -0.3 is 19.0 Å². The first kappa shape index (κ1) is 17.9. The highest BCUT2D eigenvalue weighted by Crippen LogP contribution is 2.34. The zero-order valence-electron chi connectivity index (χ0n) is 15.9. The molecular weight excluding hydrogens is 356 g/mol. The minimum atomic E-state index is -0.321. The smallest absolute Gasteiger partial charge is 0.257 e. The molecule has 0 aliphatic rings. The van der Waals surface area contributed by atoms with E-state index < -0.39 is 0 Å². The van der Waals surface area contributed by atoms with Gasteiger partial charge in [-0.2, -0.15) is 0 Å². The maximum Gasteiger partial charge on any atom is 0.257 e. The largest absolute Gasteiger partial charge is 0.461 e. The molecule has 0 atom stereocenters. The van der Waals surface area contributed by atoms with Crippen molar-refractivity contribution in [3.05, 3.63) is 71.2 Å². The number of carbonyl (C=O) groups is 1. The second-order valence-corrected chi connectivity index (χ2v) is 6.64. The Morgan fingerprint density at radius 3 is 2.57 bits per heavy atom. The van der Waals surface area contributed by atoms with Gasteiger partial charge in [0.05, 0.1) is 5.39 Å². The molecule has 0 spiro atoms. The summed E-state index contributed by atoms with van der Waals surface area (Å²) >= 11 is 0. The molecule has 2 aromatic carbocycles. The van der Waals surface area contributed by atoms with Crippen LogP contribution >= 0.6 is 0 Å². The van der Waals surface area contributed by atoms with E-state index >= 15 is 0 Å². The number of furan rings is 1. The molecule has 2 aromatic heterocycles. The fourth-order valence-corrected chi connectivity index (χ4v) is 2.90. The number of benzene rings is 2. The fraction of sp³-hybridized carbons (Fsp3) is 0.182. The summed E-state index contributed by atoms with van der Waals surface area (Å²) in [7, 11) is 0. The highest BCUT2D eigenvalue weighted by Gasteiger charge is 2.16. The van der Waals surface area contributed by atoms with Gasteiger partial charge in [0.2, 0.25) is 0 Å². The highest BCUT2D eigenvalue weighted by molar-refractivity contribution is 6.06. The Hall–Kier alpha value is -3.54. The molecule has 4 rings (SSSR count). The summed E-state index contributed by atoms with van der Waals surface area (Å²) in [5, 5.41) is 7.35. The number of aryl methyl sites for hydroxylation is 3. The predicted octanol–water partition coefficient (Wildman–Crippen LogP) is 5.64. The number of ether oxygens (including phenoxy) is 1. The second kappa shape index (κ2) is 7.23. The summed E-state index contributed by atoms with van der Waals surface area (Å²) in [4.78, 5) is 12.7. The minimum Gasteiger partial charge on any atom is -0.461 e. The molecule has 0 unspecified atom stereocenters. The van der Waals surface area contributed by atoms with Gasteiger partial charge in [-0.15, -0.1) is 0 Å². The number of aromatic nitrogens is 1. The molecule has 0 saturated carbocycles. The van der Waals surface area contributed by atoms with Gasteiger partial charge in [0.25, 0.3) is 5.91 Å². The molecule has 0 fully saturated rings. The molecule has 1 N–H and O–H groups in total. The van der Waals surface area contributed by atoms with Crippen molar-refractivity contribution in [2.75, 3.05) is 5.32 Å². The molecule has 28 heavy (non-hydrogen) atoms. The van der Waals surface area contributed by atoms with Gasteiger partial charge in [-0.3, -0.25) is 4.79 Å². The Labute approximate surface area is 162 Å². The third-order valence-electron chi connectivity index (χ3n) is 4.38. The summed E-state index contributed by atoms with van der Waals surface area (Å²) in [5.74, 6) is 2.74. The number of fused-ring (bicyclic) bond motifs is 1. The van der Waals surface area contributed by atoms with Crippen LogP contribution in [-0.2, 0) is 6.42 Å². The minimum absolute atomic E-state index is 0.321. The van der Waals surface area contributed by atoms with Crippen molar-refractivity contribution < 1.29 is 18.5 Å². The quantitative estimate of drug-likeness (QED) is 0.487. The van der Waals surface area contributed by atoms with E-state index in [0.29, 0.717) is 34.2 Å².